The van der Waals surface area contributed by atoms with E-state index in [0.717, 1.165) is 5.75 Å². The fourth-order valence-electron chi connectivity index (χ4n) is 0.868. The Morgan fingerprint density at radius 3 is 2.62 bits per heavy atom. The molecule has 1 aromatic rings. The summed E-state index contributed by atoms with van der Waals surface area (Å²) in [5, 5.41) is 0. The largest absolute Gasteiger partial charge is 0.489 e. The van der Waals surface area contributed by atoms with Crippen molar-refractivity contribution in [1.82, 2.24) is 4.98 Å². The lowest BCUT2D eigenvalue weighted by Gasteiger charge is -2.08. The number of hydrogen-bond acceptors (Lipinski definition) is 3. The molecule has 0 bridgehead atoms. The van der Waals surface area contributed by atoms with Crippen LogP contribution in [0.15, 0.2) is 18.3 Å². The van der Waals surface area contributed by atoms with Crippen LogP contribution in [0.5, 0.6) is 5.75 Å². The molecule has 0 radical (unpaired) electrons. The van der Waals surface area contributed by atoms with E-state index in [-0.39, 0.29) is 6.10 Å². The summed E-state index contributed by atoms with van der Waals surface area (Å²) in [6, 6.07) is 3.56. The number of nitrogens with zero attached hydrogens (tertiary/aromatic N) is 1. The van der Waals surface area contributed by atoms with Crippen LogP contribution in [0.2, 0.25) is 0 Å². The molecule has 0 amide bonds. The molecule has 0 saturated heterocycles. The number of thiocarbonyl (C=S) groups is 1. The molecule has 0 saturated carbocycles. The van der Waals surface area contributed by atoms with Gasteiger partial charge in [0.05, 0.1) is 18.0 Å². The van der Waals surface area contributed by atoms with Gasteiger partial charge in [-0.3, -0.25) is 0 Å². The van der Waals surface area contributed by atoms with Gasteiger partial charge in [-0.1, -0.05) is 12.2 Å². The van der Waals surface area contributed by atoms with Crippen molar-refractivity contribution in [2.75, 3.05) is 0 Å². The molecule has 0 fully saturated rings. The topological polar surface area (TPSA) is 48.1 Å². The van der Waals surface area contributed by atoms with E-state index in [1.54, 1.807) is 12.3 Å². The van der Waals surface area contributed by atoms with Crippen LogP contribution >= 0.6 is 12.2 Å². The van der Waals surface area contributed by atoms with Gasteiger partial charge >= 0.3 is 0 Å². The second-order valence-corrected chi connectivity index (χ2v) is 3.35. The lowest BCUT2D eigenvalue weighted by atomic mass is 10.3. The summed E-state index contributed by atoms with van der Waals surface area (Å²) >= 11 is 4.77. The summed E-state index contributed by atoms with van der Waals surface area (Å²) in [4.78, 5) is 4.34. The number of pyridine rings is 1. The van der Waals surface area contributed by atoms with E-state index < -0.39 is 0 Å². The zero-order valence-corrected chi connectivity index (χ0v) is 8.47. The Labute approximate surface area is 82.9 Å². The number of nitrogens with two attached hydrogens (primary N) is 1. The average Bonchev–Trinajstić information content (AvgIpc) is 2.04. The SMILES string of the molecule is CC(C)Oc1ccc(C(N)=S)nc1. The predicted octanol–water partition coefficient (Wildman–Crippen LogP) is 1.50. The first-order chi connectivity index (χ1) is 6.09. The maximum atomic E-state index is 5.40. The molecule has 1 heterocycles. The highest BCUT2D eigenvalue weighted by Crippen LogP contribution is 2.10. The van der Waals surface area contributed by atoms with Gasteiger partial charge in [-0.2, -0.15) is 0 Å². The third-order valence-electron chi connectivity index (χ3n) is 1.36. The summed E-state index contributed by atoms with van der Waals surface area (Å²) in [6.07, 6.45) is 1.77. The molecule has 0 aromatic carbocycles. The first kappa shape index (κ1) is 9.92. The van der Waals surface area contributed by atoms with E-state index in [4.69, 9.17) is 22.7 Å². The van der Waals surface area contributed by atoms with E-state index in [1.165, 1.54) is 0 Å². The highest BCUT2D eigenvalue weighted by molar-refractivity contribution is 7.80. The number of ether oxygens (including phenoxy) is 1. The van der Waals surface area contributed by atoms with Gasteiger partial charge in [0.25, 0.3) is 0 Å². The van der Waals surface area contributed by atoms with Crippen molar-refractivity contribution in [2.24, 2.45) is 5.73 Å². The van der Waals surface area contributed by atoms with Gasteiger partial charge in [-0.25, -0.2) is 4.98 Å². The van der Waals surface area contributed by atoms with Gasteiger partial charge in [-0.05, 0) is 26.0 Å². The number of hydrogen-bond donors (Lipinski definition) is 1. The Bertz CT molecular complexity index is 295. The van der Waals surface area contributed by atoms with Crippen LogP contribution in [0.4, 0.5) is 0 Å². The summed E-state index contributed by atoms with van der Waals surface area (Å²) in [5.41, 5.74) is 6.01. The minimum Gasteiger partial charge on any atom is -0.489 e. The van der Waals surface area contributed by atoms with E-state index in [0.29, 0.717) is 10.7 Å². The van der Waals surface area contributed by atoms with Gasteiger partial charge in [0, 0.05) is 0 Å². The lowest BCUT2D eigenvalue weighted by Crippen LogP contribution is -2.12. The van der Waals surface area contributed by atoms with E-state index in [9.17, 15) is 0 Å². The smallest absolute Gasteiger partial charge is 0.138 e. The summed E-state index contributed by atoms with van der Waals surface area (Å²) in [5.74, 6) is 0.731. The molecule has 0 unspecified atom stereocenters. The molecule has 0 aliphatic heterocycles. The van der Waals surface area contributed by atoms with Gasteiger partial charge in [0.1, 0.15) is 10.7 Å². The number of aromatic nitrogens is 1. The highest BCUT2D eigenvalue weighted by Gasteiger charge is 2.00. The molecule has 2 N–H and O–H groups in total. The van der Waals surface area contributed by atoms with Crippen molar-refractivity contribution in [1.29, 1.82) is 0 Å². The molecule has 1 rings (SSSR count). The Kier molecular flexibility index (Phi) is 3.19. The van der Waals surface area contributed by atoms with Gasteiger partial charge in [0.15, 0.2) is 0 Å². The minimum atomic E-state index is 0.150. The van der Waals surface area contributed by atoms with Crippen molar-refractivity contribution in [3.8, 4) is 5.75 Å². The van der Waals surface area contributed by atoms with Gasteiger partial charge < -0.3 is 10.5 Å². The Balaban J connectivity index is 2.75. The molecule has 1 aromatic heterocycles. The van der Waals surface area contributed by atoms with Crippen LogP contribution in [0.1, 0.15) is 19.5 Å². The maximum absolute atomic E-state index is 5.40. The summed E-state index contributed by atoms with van der Waals surface area (Å²) in [6.45, 7) is 3.92. The molecule has 13 heavy (non-hydrogen) atoms. The van der Waals surface area contributed by atoms with Crippen molar-refractivity contribution in [3.63, 3.8) is 0 Å². The molecule has 0 aliphatic rings. The van der Waals surface area contributed by atoms with Crippen LogP contribution in [0, 0.1) is 0 Å². The van der Waals surface area contributed by atoms with Crippen molar-refractivity contribution >= 4 is 17.2 Å². The fourth-order valence-corrected chi connectivity index (χ4v) is 0.989. The summed E-state index contributed by atoms with van der Waals surface area (Å²) in [7, 11) is 0. The van der Waals surface area contributed by atoms with Gasteiger partial charge in [0.2, 0.25) is 0 Å². The first-order valence-corrected chi connectivity index (χ1v) is 4.43. The first-order valence-electron chi connectivity index (χ1n) is 4.02. The number of rotatable bonds is 3. The Morgan fingerprint density at radius 2 is 2.23 bits per heavy atom. The minimum absolute atomic E-state index is 0.150. The Hall–Kier alpha value is -1.16. The zero-order chi connectivity index (χ0) is 9.84. The molecule has 0 spiro atoms. The van der Waals surface area contributed by atoms with E-state index >= 15 is 0 Å². The molecule has 0 atom stereocenters. The second-order valence-electron chi connectivity index (χ2n) is 2.91. The maximum Gasteiger partial charge on any atom is 0.138 e. The summed E-state index contributed by atoms with van der Waals surface area (Å²) < 4.78 is 5.40. The average molecular weight is 196 g/mol. The Morgan fingerprint density at radius 1 is 1.54 bits per heavy atom. The third kappa shape index (κ3) is 2.99. The lowest BCUT2D eigenvalue weighted by molar-refractivity contribution is 0.241. The fraction of sp³-hybridized carbons (Fsp3) is 0.333. The van der Waals surface area contributed by atoms with Crippen LogP contribution in [-0.4, -0.2) is 16.1 Å². The quantitative estimate of drug-likeness (QED) is 0.744. The highest BCUT2D eigenvalue weighted by atomic mass is 32.1. The zero-order valence-electron chi connectivity index (χ0n) is 7.65. The van der Waals surface area contributed by atoms with E-state index in [1.807, 2.05) is 19.9 Å². The molecule has 3 nitrogen and oxygen atoms in total. The standard InChI is InChI=1S/C9H12N2OS/c1-6(2)12-7-3-4-8(9(10)13)11-5-7/h3-6H,1-2H3,(H2,10,13). The van der Waals surface area contributed by atoms with Crippen LogP contribution < -0.4 is 10.5 Å². The van der Waals surface area contributed by atoms with E-state index in [2.05, 4.69) is 4.98 Å². The monoisotopic (exact) mass is 196 g/mol. The van der Waals surface area contributed by atoms with Crippen LogP contribution in [-0.2, 0) is 0 Å². The van der Waals surface area contributed by atoms with Crippen molar-refractivity contribution in [2.45, 2.75) is 20.0 Å². The van der Waals surface area contributed by atoms with Crippen molar-refractivity contribution in [3.05, 3.63) is 24.0 Å². The molecular weight excluding hydrogens is 184 g/mol. The molecule has 70 valence electrons. The predicted molar refractivity (Wildman–Crippen MR) is 55.9 cm³/mol. The van der Waals surface area contributed by atoms with Crippen molar-refractivity contribution < 1.29 is 4.74 Å². The van der Waals surface area contributed by atoms with Crippen LogP contribution in [0.3, 0.4) is 0 Å². The van der Waals surface area contributed by atoms with Crippen LogP contribution in [0.25, 0.3) is 0 Å². The molecule has 0 aliphatic carbocycles. The second kappa shape index (κ2) is 4.18. The van der Waals surface area contributed by atoms with Gasteiger partial charge in [-0.15, -0.1) is 0 Å². The third-order valence-corrected chi connectivity index (χ3v) is 1.57. The normalized spacial score (nSPS) is 10.1. The molecule has 4 heteroatoms. The molecular formula is C9H12N2OS.